The maximum absolute atomic E-state index is 11.9. The van der Waals surface area contributed by atoms with E-state index in [4.69, 9.17) is 21.1 Å². The first-order valence-corrected chi connectivity index (χ1v) is 7.86. The van der Waals surface area contributed by atoms with Crippen LogP contribution in [0.2, 0.25) is 5.02 Å². The number of aromatic nitrogens is 1. The lowest BCUT2D eigenvalue weighted by Crippen LogP contribution is -2.32. The summed E-state index contributed by atoms with van der Waals surface area (Å²) in [7, 11) is 0. The Hall–Kier alpha value is -2.34. The summed E-state index contributed by atoms with van der Waals surface area (Å²) in [6.07, 6.45) is 1.86. The molecule has 7 heteroatoms. The van der Waals surface area contributed by atoms with Crippen LogP contribution in [-0.4, -0.2) is 28.5 Å². The third-order valence-corrected chi connectivity index (χ3v) is 3.89. The Bertz CT molecular complexity index is 722. The Kier molecular flexibility index (Phi) is 5.62. The molecule has 0 aliphatic carbocycles. The minimum atomic E-state index is -0.888. The summed E-state index contributed by atoms with van der Waals surface area (Å²) in [5.74, 6) is -0.700. The molecule has 24 heavy (non-hydrogen) atoms. The van der Waals surface area contributed by atoms with Crippen LogP contribution in [0.15, 0.2) is 34.9 Å². The van der Waals surface area contributed by atoms with Gasteiger partial charge in [0.25, 0.3) is 0 Å². The van der Waals surface area contributed by atoms with Crippen LogP contribution in [0.25, 0.3) is 11.5 Å². The third kappa shape index (κ3) is 4.83. The van der Waals surface area contributed by atoms with Gasteiger partial charge in [0.15, 0.2) is 0 Å². The van der Waals surface area contributed by atoms with E-state index in [2.05, 4.69) is 10.3 Å². The number of hydrogen-bond acceptors (Lipinski definition) is 4. The molecule has 0 bridgehead atoms. The van der Waals surface area contributed by atoms with Crippen molar-refractivity contribution in [3.05, 3.63) is 41.2 Å². The second kappa shape index (κ2) is 7.49. The summed E-state index contributed by atoms with van der Waals surface area (Å²) in [5, 5.41) is 12.3. The van der Waals surface area contributed by atoms with E-state index in [1.807, 2.05) is 0 Å². The average molecular weight is 351 g/mol. The number of nitrogens with one attached hydrogen (secondary N) is 1. The number of carboxylic acid groups (broad SMARTS) is 1. The zero-order valence-electron chi connectivity index (χ0n) is 13.5. The number of aliphatic carboxylic acids is 1. The summed E-state index contributed by atoms with van der Waals surface area (Å²) in [4.78, 5) is 27.2. The van der Waals surface area contributed by atoms with Crippen LogP contribution in [0, 0.1) is 5.41 Å². The number of rotatable bonds is 7. The van der Waals surface area contributed by atoms with Crippen molar-refractivity contribution in [2.24, 2.45) is 5.41 Å². The first kappa shape index (κ1) is 18.0. The van der Waals surface area contributed by atoms with Crippen molar-refractivity contribution in [1.29, 1.82) is 0 Å². The van der Waals surface area contributed by atoms with Crippen LogP contribution in [0.1, 0.15) is 26.0 Å². The highest BCUT2D eigenvalue weighted by Crippen LogP contribution is 2.21. The molecule has 1 heterocycles. The van der Waals surface area contributed by atoms with Crippen molar-refractivity contribution in [3.63, 3.8) is 0 Å². The van der Waals surface area contributed by atoms with E-state index < -0.39 is 11.4 Å². The zero-order valence-corrected chi connectivity index (χ0v) is 14.3. The number of benzene rings is 1. The summed E-state index contributed by atoms with van der Waals surface area (Å²) in [6, 6.07) is 7.04. The summed E-state index contributed by atoms with van der Waals surface area (Å²) >= 11 is 5.83. The molecule has 2 N–H and O–H groups in total. The van der Waals surface area contributed by atoms with Gasteiger partial charge in [-0.15, -0.1) is 0 Å². The van der Waals surface area contributed by atoms with E-state index >= 15 is 0 Å². The normalized spacial score (nSPS) is 11.3. The summed E-state index contributed by atoms with van der Waals surface area (Å²) in [6.45, 7) is 3.54. The Morgan fingerprint density at radius 3 is 2.58 bits per heavy atom. The highest BCUT2D eigenvalue weighted by atomic mass is 35.5. The Balaban J connectivity index is 1.87. The predicted octanol–water partition coefficient (Wildman–Crippen LogP) is 3.15. The number of hydrogen-bond donors (Lipinski definition) is 2. The molecule has 1 aromatic carbocycles. The molecule has 0 saturated carbocycles. The fourth-order valence-corrected chi connectivity index (χ4v) is 2.09. The van der Waals surface area contributed by atoms with Crippen molar-refractivity contribution < 1.29 is 19.1 Å². The largest absolute Gasteiger partial charge is 0.481 e. The monoisotopic (exact) mass is 350 g/mol. The SMILES string of the molecule is CC(C)(CCNC(=O)Cc1coc(-c2ccc(Cl)cc2)n1)C(=O)O. The van der Waals surface area contributed by atoms with Crippen molar-refractivity contribution in [3.8, 4) is 11.5 Å². The van der Waals surface area contributed by atoms with Gasteiger partial charge < -0.3 is 14.8 Å². The van der Waals surface area contributed by atoms with E-state index in [0.717, 1.165) is 5.56 Å². The molecule has 0 atom stereocenters. The van der Waals surface area contributed by atoms with Crippen LogP contribution in [-0.2, 0) is 16.0 Å². The van der Waals surface area contributed by atoms with Gasteiger partial charge in [-0.2, -0.15) is 0 Å². The standard InChI is InChI=1S/C17H19ClN2O4/c1-17(2,16(22)23)7-8-19-14(21)9-13-10-24-15(20-13)11-3-5-12(18)6-4-11/h3-6,10H,7-9H2,1-2H3,(H,19,21)(H,22,23). The predicted molar refractivity (Wildman–Crippen MR) is 89.7 cm³/mol. The molecule has 0 saturated heterocycles. The van der Waals surface area contributed by atoms with Crippen LogP contribution in [0.3, 0.4) is 0 Å². The van der Waals surface area contributed by atoms with Gasteiger partial charge in [0.05, 0.1) is 17.5 Å². The number of amides is 1. The molecular weight excluding hydrogens is 332 g/mol. The van der Waals surface area contributed by atoms with Crippen LogP contribution in [0.5, 0.6) is 0 Å². The molecule has 0 unspecified atom stereocenters. The van der Waals surface area contributed by atoms with Crippen molar-refractivity contribution in [2.45, 2.75) is 26.7 Å². The van der Waals surface area contributed by atoms with Gasteiger partial charge in [-0.3, -0.25) is 9.59 Å². The maximum Gasteiger partial charge on any atom is 0.309 e. The highest BCUT2D eigenvalue weighted by Gasteiger charge is 2.26. The minimum absolute atomic E-state index is 0.0740. The third-order valence-electron chi connectivity index (χ3n) is 3.64. The maximum atomic E-state index is 11.9. The van der Waals surface area contributed by atoms with Gasteiger partial charge in [-0.1, -0.05) is 11.6 Å². The lowest BCUT2D eigenvalue weighted by molar-refractivity contribution is -0.147. The van der Waals surface area contributed by atoms with Gasteiger partial charge in [-0.25, -0.2) is 4.98 Å². The summed E-state index contributed by atoms with van der Waals surface area (Å²) in [5.41, 5.74) is 0.410. The van der Waals surface area contributed by atoms with Gasteiger partial charge in [0.2, 0.25) is 11.8 Å². The number of oxazole rings is 1. The van der Waals surface area contributed by atoms with Gasteiger partial charge in [-0.05, 0) is 44.5 Å². The van der Waals surface area contributed by atoms with Gasteiger partial charge in [0.1, 0.15) is 6.26 Å². The Labute approximate surface area is 144 Å². The van der Waals surface area contributed by atoms with Crippen molar-refractivity contribution in [1.82, 2.24) is 10.3 Å². The molecule has 1 aromatic heterocycles. The molecule has 2 rings (SSSR count). The quantitative estimate of drug-likeness (QED) is 0.800. The van der Waals surface area contributed by atoms with Gasteiger partial charge >= 0.3 is 5.97 Å². The molecule has 0 aliphatic heterocycles. The first-order valence-electron chi connectivity index (χ1n) is 7.48. The second-order valence-corrected chi connectivity index (χ2v) is 6.55. The van der Waals surface area contributed by atoms with E-state index in [-0.39, 0.29) is 12.3 Å². The second-order valence-electron chi connectivity index (χ2n) is 6.12. The van der Waals surface area contributed by atoms with Crippen molar-refractivity contribution in [2.75, 3.05) is 6.54 Å². The lowest BCUT2D eigenvalue weighted by atomic mass is 9.90. The van der Waals surface area contributed by atoms with Gasteiger partial charge in [0, 0.05) is 17.1 Å². The number of nitrogens with zero attached hydrogens (tertiary/aromatic N) is 1. The van der Waals surface area contributed by atoms with Crippen LogP contribution >= 0.6 is 11.6 Å². The molecule has 6 nitrogen and oxygen atoms in total. The lowest BCUT2D eigenvalue weighted by Gasteiger charge is -2.18. The number of carbonyl (C=O) groups excluding carboxylic acids is 1. The van der Waals surface area contributed by atoms with E-state index in [0.29, 0.717) is 29.6 Å². The van der Waals surface area contributed by atoms with E-state index in [1.165, 1.54) is 6.26 Å². The fourth-order valence-electron chi connectivity index (χ4n) is 1.96. The van der Waals surface area contributed by atoms with E-state index in [9.17, 15) is 9.59 Å². The molecule has 2 aromatic rings. The Morgan fingerprint density at radius 1 is 1.29 bits per heavy atom. The highest BCUT2D eigenvalue weighted by molar-refractivity contribution is 6.30. The Morgan fingerprint density at radius 2 is 1.96 bits per heavy atom. The molecule has 0 aliphatic rings. The summed E-state index contributed by atoms with van der Waals surface area (Å²) < 4.78 is 5.37. The smallest absolute Gasteiger partial charge is 0.309 e. The number of halogens is 1. The fraction of sp³-hybridized carbons (Fsp3) is 0.353. The number of carboxylic acids is 1. The van der Waals surface area contributed by atoms with Crippen molar-refractivity contribution >= 4 is 23.5 Å². The molecule has 128 valence electrons. The van der Waals surface area contributed by atoms with E-state index in [1.54, 1.807) is 38.1 Å². The molecule has 1 amide bonds. The zero-order chi connectivity index (χ0) is 17.7. The number of carbonyl (C=O) groups is 2. The molecule has 0 radical (unpaired) electrons. The van der Waals surface area contributed by atoms with Crippen LogP contribution in [0.4, 0.5) is 0 Å². The first-order chi connectivity index (χ1) is 11.3. The topological polar surface area (TPSA) is 92.4 Å². The minimum Gasteiger partial charge on any atom is -0.481 e. The average Bonchev–Trinajstić information content (AvgIpc) is 2.96. The van der Waals surface area contributed by atoms with Crippen LogP contribution < -0.4 is 5.32 Å². The molecule has 0 spiro atoms. The molecule has 0 fully saturated rings. The molecular formula is C17H19ClN2O4.